The summed E-state index contributed by atoms with van der Waals surface area (Å²) in [7, 11) is 0. The summed E-state index contributed by atoms with van der Waals surface area (Å²) in [6, 6.07) is 9.50. The van der Waals surface area contributed by atoms with Gasteiger partial charge in [-0.15, -0.1) is 0 Å². The summed E-state index contributed by atoms with van der Waals surface area (Å²) >= 11 is 0. The van der Waals surface area contributed by atoms with Crippen LogP contribution in [0.15, 0.2) is 30.3 Å². The molecule has 2 heteroatoms. The highest BCUT2D eigenvalue weighted by Crippen LogP contribution is 2.24. The topological polar surface area (TPSA) is 37.3 Å². The smallest absolute Gasteiger partial charge is 0.310 e. The fraction of sp³-hybridized carbons (Fsp3) is 0.500. The van der Waals surface area contributed by atoms with Crippen molar-refractivity contribution >= 4 is 5.97 Å². The van der Waals surface area contributed by atoms with Gasteiger partial charge in [0.05, 0.1) is 5.92 Å². The lowest BCUT2D eigenvalue weighted by atomic mass is 9.90. The minimum atomic E-state index is -0.713. The van der Waals surface area contributed by atoms with E-state index in [2.05, 4.69) is 13.8 Å². The highest BCUT2D eigenvalue weighted by molar-refractivity contribution is 5.75. The van der Waals surface area contributed by atoms with Gasteiger partial charge in [0.25, 0.3) is 0 Å². The Balaban J connectivity index is 2.66. The minimum Gasteiger partial charge on any atom is -0.481 e. The Morgan fingerprint density at radius 1 is 1.25 bits per heavy atom. The third kappa shape index (κ3) is 3.69. The summed E-state index contributed by atoms with van der Waals surface area (Å²) < 4.78 is 0. The normalized spacial score (nSPS) is 14.4. The van der Waals surface area contributed by atoms with Crippen LogP contribution in [0.3, 0.4) is 0 Å². The lowest BCUT2D eigenvalue weighted by molar-refractivity contribution is -0.139. The largest absolute Gasteiger partial charge is 0.481 e. The predicted molar refractivity (Wildman–Crippen MR) is 65.5 cm³/mol. The number of carboxylic acids is 1. The molecule has 0 aliphatic heterocycles. The first-order valence-corrected chi connectivity index (χ1v) is 5.92. The monoisotopic (exact) mass is 220 g/mol. The second kappa shape index (κ2) is 6.31. The van der Waals surface area contributed by atoms with Crippen LogP contribution in [0.1, 0.15) is 44.6 Å². The lowest BCUT2D eigenvalue weighted by Gasteiger charge is -2.15. The van der Waals surface area contributed by atoms with Gasteiger partial charge in [0.2, 0.25) is 0 Å². The van der Waals surface area contributed by atoms with E-state index in [9.17, 15) is 9.90 Å². The van der Waals surface area contributed by atoms with Crippen molar-refractivity contribution in [1.82, 2.24) is 0 Å². The van der Waals surface area contributed by atoms with E-state index in [1.807, 2.05) is 30.3 Å². The first kappa shape index (κ1) is 12.8. The summed E-state index contributed by atoms with van der Waals surface area (Å²) in [5.41, 5.74) is 0.915. The fourth-order valence-electron chi connectivity index (χ4n) is 1.77. The third-order valence-electron chi connectivity index (χ3n) is 3.15. The van der Waals surface area contributed by atoms with Gasteiger partial charge in [0.1, 0.15) is 0 Å². The molecule has 0 amide bonds. The lowest BCUT2D eigenvalue weighted by Crippen LogP contribution is -2.12. The van der Waals surface area contributed by atoms with Crippen LogP contribution < -0.4 is 0 Å². The molecule has 0 aliphatic carbocycles. The Morgan fingerprint density at radius 3 is 2.38 bits per heavy atom. The van der Waals surface area contributed by atoms with Crippen LogP contribution in [0.4, 0.5) is 0 Å². The number of hydrogen-bond acceptors (Lipinski definition) is 1. The van der Waals surface area contributed by atoms with Crippen LogP contribution in [0.5, 0.6) is 0 Å². The molecule has 2 atom stereocenters. The zero-order valence-corrected chi connectivity index (χ0v) is 10.0. The van der Waals surface area contributed by atoms with Crippen LogP contribution >= 0.6 is 0 Å². The van der Waals surface area contributed by atoms with E-state index < -0.39 is 5.97 Å². The van der Waals surface area contributed by atoms with E-state index in [1.54, 1.807) is 0 Å². The van der Waals surface area contributed by atoms with Gasteiger partial charge in [-0.1, -0.05) is 50.6 Å². The molecule has 0 radical (unpaired) electrons. The maximum Gasteiger partial charge on any atom is 0.310 e. The van der Waals surface area contributed by atoms with Crippen LogP contribution in [-0.4, -0.2) is 11.1 Å². The van der Waals surface area contributed by atoms with Crippen molar-refractivity contribution in [3.8, 4) is 0 Å². The van der Waals surface area contributed by atoms with Crippen LogP contribution in [0.25, 0.3) is 0 Å². The highest BCUT2D eigenvalue weighted by Gasteiger charge is 2.19. The van der Waals surface area contributed by atoms with Crippen molar-refractivity contribution < 1.29 is 9.90 Å². The zero-order chi connectivity index (χ0) is 12.0. The molecule has 1 aromatic rings. The summed E-state index contributed by atoms with van der Waals surface area (Å²) in [5, 5.41) is 9.21. The molecule has 0 aliphatic rings. The molecule has 0 heterocycles. The maximum absolute atomic E-state index is 11.2. The molecule has 1 aromatic carbocycles. The number of hydrogen-bond donors (Lipinski definition) is 1. The molecule has 0 aromatic heterocycles. The Hall–Kier alpha value is -1.31. The second-order valence-corrected chi connectivity index (χ2v) is 4.39. The number of rotatable bonds is 6. The molecule has 2 nitrogen and oxygen atoms in total. The first-order chi connectivity index (χ1) is 7.65. The second-order valence-electron chi connectivity index (χ2n) is 4.39. The average molecular weight is 220 g/mol. The molecule has 1 rings (SSSR count). The quantitative estimate of drug-likeness (QED) is 0.794. The van der Waals surface area contributed by atoms with E-state index in [1.165, 1.54) is 0 Å². The van der Waals surface area contributed by atoms with Gasteiger partial charge < -0.3 is 5.11 Å². The molecular formula is C14H20O2. The summed E-state index contributed by atoms with van der Waals surface area (Å²) in [4.78, 5) is 11.2. The van der Waals surface area contributed by atoms with Gasteiger partial charge in [0, 0.05) is 0 Å². The number of aliphatic carboxylic acids is 1. The Kier molecular flexibility index (Phi) is 5.03. The number of carbonyl (C=O) groups is 1. The van der Waals surface area contributed by atoms with Gasteiger partial charge in [0.15, 0.2) is 0 Å². The number of carboxylic acid groups (broad SMARTS) is 1. The molecule has 2 unspecified atom stereocenters. The first-order valence-electron chi connectivity index (χ1n) is 5.92. The van der Waals surface area contributed by atoms with E-state index in [4.69, 9.17) is 0 Å². The van der Waals surface area contributed by atoms with E-state index in [-0.39, 0.29) is 5.92 Å². The molecule has 0 spiro atoms. The van der Waals surface area contributed by atoms with Crippen LogP contribution in [0, 0.1) is 5.92 Å². The van der Waals surface area contributed by atoms with E-state index >= 15 is 0 Å². The summed E-state index contributed by atoms with van der Waals surface area (Å²) in [5.74, 6) is -0.463. The van der Waals surface area contributed by atoms with E-state index in [0.29, 0.717) is 5.92 Å². The Labute approximate surface area is 97.3 Å². The molecule has 0 fully saturated rings. The van der Waals surface area contributed by atoms with Gasteiger partial charge in [-0.3, -0.25) is 4.79 Å². The SMILES string of the molecule is CCC(C)CCC(C(=O)O)c1ccccc1. The Morgan fingerprint density at radius 2 is 1.88 bits per heavy atom. The van der Waals surface area contributed by atoms with Crippen molar-refractivity contribution in [2.75, 3.05) is 0 Å². The standard InChI is InChI=1S/C14H20O2/c1-3-11(2)9-10-13(14(15)16)12-7-5-4-6-8-12/h4-8,11,13H,3,9-10H2,1-2H3,(H,15,16). The molecule has 0 saturated heterocycles. The van der Waals surface area contributed by atoms with Crippen molar-refractivity contribution in [3.63, 3.8) is 0 Å². The summed E-state index contributed by atoms with van der Waals surface area (Å²) in [6.45, 7) is 4.31. The molecule has 88 valence electrons. The van der Waals surface area contributed by atoms with Gasteiger partial charge in [-0.2, -0.15) is 0 Å². The maximum atomic E-state index is 11.2. The molecule has 16 heavy (non-hydrogen) atoms. The Bertz CT molecular complexity index is 319. The highest BCUT2D eigenvalue weighted by atomic mass is 16.4. The van der Waals surface area contributed by atoms with Crippen molar-refractivity contribution in [1.29, 1.82) is 0 Å². The van der Waals surface area contributed by atoms with Gasteiger partial charge >= 0.3 is 5.97 Å². The van der Waals surface area contributed by atoms with E-state index in [0.717, 1.165) is 24.8 Å². The van der Waals surface area contributed by atoms with Crippen LogP contribution in [0.2, 0.25) is 0 Å². The van der Waals surface area contributed by atoms with Crippen molar-refractivity contribution in [2.45, 2.75) is 39.0 Å². The molecule has 0 bridgehead atoms. The zero-order valence-electron chi connectivity index (χ0n) is 10.0. The average Bonchev–Trinajstić information content (AvgIpc) is 2.30. The van der Waals surface area contributed by atoms with Gasteiger partial charge in [-0.05, 0) is 24.3 Å². The molecule has 0 saturated carbocycles. The molecular weight excluding hydrogens is 200 g/mol. The van der Waals surface area contributed by atoms with Gasteiger partial charge in [-0.25, -0.2) is 0 Å². The van der Waals surface area contributed by atoms with Crippen molar-refractivity contribution in [3.05, 3.63) is 35.9 Å². The minimum absolute atomic E-state index is 0.352. The number of benzene rings is 1. The predicted octanol–water partition coefficient (Wildman–Crippen LogP) is 3.68. The van der Waals surface area contributed by atoms with Crippen molar-refractivity contribution in [2.24, 2.45) is 5.92 Å². The summed E-state index contributed by atoms with van der Waals surface area (Å²) in [6.07, 6.45) is 2.82. The molecule has 1 N–H and O–H groups in total. The third-order valence-corrected chi connectivity index (χ3v) is 3.15. The fourth-order valence-corrected chi connectivity index (χ4v) is 1.77. The van der Waals surface area contributed by atoms with Crippen LogP contribution in [-0.2, 0) is 4.79 Å².